The topological polar surface area (TPSA) is 50.9 Å². The van der Waals surface area contributed by atoms with Crippen LogP contribution >= 0.6 is 11.6 Å². The lowest BCUT2D eigenvalue weighted by molar-refractivity contribution is -0.0667. The molecule has 124 valence electrons. The summed E-state index contributed by atoms with van der Waals surface area (Å²) in [5.41, 5.74) is 0.474. The summed E-state index contributed by atoms with van der Waals surface area (Å²) in [6.07, 6.45) is 6.17. The first-order chi connectivity index (χ1) is 11.0. The molecule has 23 heavy (non-hydrogen) atoms. The Morgan fingerprint density at radius 3 is 2.65 bits per heavy atom. The molecule has 4 nitrogen and oxygen atoms in total. The highest BCUT2D eigenvalue weighted by molar-refractivity contribution is 6.30. The lowest BCUT2D eigenvalue weighted by atomic mass is 9.76. The van der Waals surface area contributed by atoms with Crippen molar-refractivity contribution in [1.29, 1.82) is 0 Å². The molecule has 2 aromatic rings. The van der Waals surface area contributed by atoms with E-state index in [1.54, 1.807) is 11.0 Å². The Hall–Kier alpha value is -1.39. The molecule has 1 fully saturated rings. The number of hydrogen-bond donors (Lipinski definition) is 1. The number of benzene rings is 1. The molecule has 3 atom stereocenters. The zero-order chi connectivity index (χ0) is 16.4. The standard InChI is InChI=1S/C18H24ClN3O/c1-13(2)17-8-5-15(9-14-3-6-16(19)7-4-14)18(17,23)10-22-12-20-11-21-22/h3-4,6-7,11-13,15,17,23H,5,8-10H2,1-2H3/t15-,17-,18-/m1/s1. The second-order valence-electron chi connectivity index (χ2n) is 7.04. The molecule has 0 bridgehead atoms. The maximum absolute atomic E-state index is 11.6. The van der Waals surface area contributed by atoms with E-state index in [0.717, 1.165) is 24.3 Å². The van der Waals surface area contributed by atoms with Gasteiger partial charge in [-0.1, -0.05) is 37.6 Å². The predicted molar refractivity (Wildman–Crippen MR) is 91.2 cm³/mol. The van der Waals surface area contributed by atoms with Crippen LogP contribution in [0, 0.1) is 17.8 Å². The maximum atomic E-state index is 11.6. The molecule has 0 unspecified atom stereocenters. The average molecular weight is 334 g/mol. The Labute approximate surface area is 142 Å². The molecule has 1 aliphatic rings. The molecule has 0 radical (unpaired) electrons. The average Bonchev–Trinajstić information content (AvgIpc) is 3.10. The van der Waals surface area contributed by atoms with Crippen LogP contribution < -0.4 is 0 Å². The van der Waals surface area contributed by atoms with Gasteiger partial charge >= 0.3 is 0 Å². The van der Waals surface area contributed by atoms with Crippen LogP contribution in [0.3, 0.4) is 0 Å². The van der Waals surface area contributed by atoms with Crippen LogP contribution in [0.5, 0.6) is 0 Å². The zero-order valence-corrected chi connectivity index (χ0v) is 14.4. The van der Waals surface area contributed by atoms with Gasteiger partial charge in [0.2, 0.25) is 0 Å². The third-order valence-electron chi connectivity index (χ3n) is 5.26. The quantitative estimate of drug-likeness (QED) is 0.909. The Morgan fingerprint density at radius 2 is 2.04 bits per heavy atom. The molecular weight excluding hydrogens is 310 g/mol. The van der Waals surface area contributed by atoms with Crippen LogP contribution in [0.1, 0.15) is 32.3 Å². The molecule has 1 N–H and O–H groups in total. The van der Waals surface area contributed by atoms with E-state index < -0.39 is 5.60 Å². The van der Waals surface area contributed by atoms with Gasteiger partial charge in [-0.3, -0.25) is 4.68 Å². The monoisotopic (exact) mass is 333 g/mol. The molecule has 3 rings (SSSR count). The second-order valence-corrected chi connectivity index (χ2v) is 7.48. The van der Waals surface area contributed by atoms with Crippen molar-refractivity contribution in [3.8, 4) is 0 Å². The normalized spacial score (nSPS) is 27.7. The molecule has 1 heterocycles. The van der Waals surface area contributed by atoms with E-state index in [0.29, 0.717) is 12.5 Å². The highest BCUT2D eigenvalue weighted by Crippen LogP contribution is 2.46. The Balaban J connectivity index is 1.83. The molecule has 1 aromatic carbocycles. The molecule has 0 spiro atoms. The molecule has 0 aliphatic heterocycles. The minimum Gasteiger partial charge on any atom is -0.387 e. The first-order valence-electron chi connectivity index (χ1n) is 8.28. The molecule has 1 saturated carbocycles. The van der Waals surface area contributed by atoms with Gasteiger partial charge in [0.1, 0.15) is 12.7 Å². The van der Waals surface area contributed by atoms with Crippen LogP contribution in [0.4, 0.5) is 0 Å². The van der Waals surface area contributed by atoms with Crippen LogP contribution in [-0.4, -0.2) is 25.5 Å². The summed E-state index contributed by atoms with van der Waals surface area (Å²) in [6.45, 7) is 4.90. The molecule has 1 aromatic heterocycles. The van der Waals surface area contributed by atoms with E-state index in [-0.39, 0.29) is 11.8 Å². The van der Waals surface area contributed by atoms with Gasteiger partial charge in [-0.15, -0.1) is 0 Å². The fourth-order valence-electron chi connectivity index (χ4n) is 4.10. The molecule has 1 aliphatic carbocycles. The van der Waals surface area contributed by atoms with Crippen LogP contribution in [0.2, 0.25) is 5.02 Å². The summed E-state index contributed by atoms with van der Waals surface area (Å²) in [5.74, 6) is 0.947. The van der Waals surface area contributed by atoms with E-state index in [2.05, 4.69) is 36.1 Å². The lowest BCUT2D eigenvalue weighted by Gasteiger charge is -2.37. The van der Waals surface area contributed by atoms with Gasteiger partial charge in [-0.2, -0.15) is 5.10 Å². The fourth-order valence-corrected chi connectivity index (χ4v) is 4.22. The smallest absolute Gasteiger partial charge is 0.137 e. The first kappa shape index (κ1) is 16.5. The van der Waals surface area contributed by atoms with Crippen LogP contribution in [0.25, 0.3) is 0 Å². The van der Waals surface area contributed by atoms with Crippen molar-refractivity contribution in [1.82, 2.24) is 14.8 Å². The highest BCUT2D eigenvalue weighted by atomic mass is 35.5. The van der Waals surface area contributed by atoms with Gasteiger partial charge in [-0.25, -0.2) is 4.98 Å². The molecular formula is C18H24ClN3O. The van der Waals surface area contributed by atoms with Gasteiger partial charge in [-0.05, 0) is 54.7 Å². The number of rotatable bonds is 5. The van der Waals surface area contributed by atoms with Gasteiger partial charge in [0, 0.05) is 5.02 Å². The van der Waals surface area contributed by atoms with Crippen molar-refractivity contribution in [2.75, 3.05) is 0 Å². The third-order valence-corrected chi connectivity index (χ3v) is 5.51. The maximum Gasteiger partial charge on any atom is 0.137 e. The number of hydrogen-bond acceptors (Lipinski definition) is 3. The van der Waals surface area contributed by atoms with E-state index >= 15 is 0 Å². The molecule has 0 amide bonds. The fraction of sp³-hybridized carbons (Fsp3) is 0.556. The van der Waals surface area contributed by atoms with Gasteiger partial charge in [0.15, 0.2) is 0 Å². The van der Waals surface area contributed by atoms with Crippen LogP contribution in [0.15, 0.2) is 36.9 Å². The summed E-state index contributed by atoms with van der Waals surface area (Å²) in [7, 11) is 0. The van der Waals surface area contributed by atoms with Crippen molar-refractivity contribution < 1.29 is 5.11 Å². The van der Waals surface area contributed by atoms with Gasteiger partial charge in [0.25, 0.3) is 0 Å². The summed E-state index contributed by atoms with van der Waals surface area (Å²) in [5, 5.41) is 16.5. The number of halogens is 1. The third kappa shape index (κ3) is 3.43. The van der Waals surface area contributed by atoms with E-state index in [9.17, 15) is 5.11 Å². The molecule has 5 heteroatoms. The number of aromatic nitrogens is 3. The number of aliphatic hydroxyl groups is 1. The minimum absolute atomic E-state index is 0.222. The van der Waals surface area contributed by atoms with Crippen molar-refractivity contribution in [2.45, 2.75) is 45.3 Å². The lowest BCUT2D eigenvalue weighted by Crippen LogP contribution is -2.46. The number of nitrogens with zero attached hydrogens (tertiary/aromatic N) is 3. The summed E-state index contributed by atoms with van der Waals surface area (Å²) >= 11 is 5.98. The summed E-state index contributed by atoms with van der Waals surface area (Å²) < 4.78 is 1.76. The Kier molecular flexibility index (Phi) is 4.74. The van der Waals surface area contributed by atoms with Gasteiger partial charge in [0.05, 0.1) is 12.1 Å². The van der Waals surface area contributed by atoms with Crippen molar-refractivity contribution in [3.63, 3.8) is 0 Å². The van der Waals surface area contributed by atoms with Crippen molar-refractivity contribution in [2.24, 2.45) is 17.8 Å². The van der Waals surface area contributed by atoms with Gasteiger partial charge < -0.3 is 5.11 Å². The highest BCUT2D eigenvalue weighted by Gasteiger charge is 2.50. The van der Waals surface area contributed by atoms with Crippen LogP contribution in [-0.2, 0) is 13.0 Å². The first-order valence-corrected chi connectivity index (χ1v) is 8.66. The summed E-state index contributed by atoms with van der Waals surface area (Å²) in [6, 6.07) is 7.95. The van der Waals surface area contributed by atoms with E-state index in [4.69, 9.17) is 11.6 Å². The van der Waals surface area contributed by atoms with E-state index in [1.807, 2.05) is 12.1 Å². The Bertz CT molecular complexity index is 626. The predicted octanol–water partition coefficient (Wildman–Crippen LogP) is 3.59. The van der Waals surface area contributed by atoms with Crippen molar-refractivity contribution >= 4 is 11.6 Å². The Morgan fingerprint density at radius 1 is 1.30 bits per heavy atom. The SMILES string of the molecule is CC(C)[C@H]1CC[C@H](Cc2ccc(Cl)cc2)[C@]1(O)Cn1cncn1. The largest absolute Gasteiger partial charge is 0.387 e. The minimum atomic E-state index is -0.749. The zero-order valence-electron chi connectivity index (χ0n) is 13.7. The summed E-state index contributed by atoms with van der Waals surface area (Å²) in [4.78, 5) is 4.01. The van der Waals surface area contributed by atoms with E-state index in [1.165, 1.54) is 11.9 Å². The second kappa shape index (κ2) is 6.62. The van der Waals surface area contributed by atoms with Crippen molar-refractivity contribution in [3.05, 3.63) is 47.5 Å². The molecule has 0 saturated heterocycles.